The van der Waals surface area contributed by atoms with Crippen LogP contribution in [0.1, 0.15) is 20.8 Å². The molecule has 2 rings (SSSR count). The predicted octanol–water partition coefficient (Wildman–Crippen LogP) is 2.21. The van der Waals surface area contributed by atoms with Gasteiger partial charge in [-0.15, -0.1) is 0 Å². The van der Waals surface area contributed by atoms with E-state index in [9.17, 15) is 0 Å². The molecule has 0 saturated carbocycles. The normalized spacial score (nSPS) is 16.9. The maximum absolute atomic E-state index is 6.18. The molecule has 1 aromatic carbocycles. The Morgan fingerprint density at radius 2 is 1.48 bits per heavy atom. The Morgan fingerprint density at radius 3 is 1.95 bits per heavy atom. The van der Waals surface area contributed by atoms with Crippen LogP contribution in [0.4, 0.5) is 11.4 Å². The second-order valence-electron chi connectivity index (χ2n) is 6.41. The van der Waals surface area contributed by atoms with Gasteiger partial charge in [0, 0.05) is 43.9 Å². The molecule has 0 bridgehead atoms. The van der Waals surface area contributed by atoms with E-state index < -0.39 is 0 Å². The fourth-order valence-electron chi connectivity index (χ4n) is 2.78. The second-order valence-corrected chi connectivity index (χ2v) is 6.41. The highest BCUT2D eigenvalue weighted by atomic mass is 16.5. The van der Waals surface area contributed by atoms with Gasteiger partial charge >= 0.3 is 0 Å². The Balaban J connectivity index is 2.17. The minimum absolute atomic E-state index is 0.217. The van der Waals surface area contributed by atoms with E-state index in [-0.39, 0.29) is 5.54 Å². The van der Waals surface area contributed by atoms with Crippen LogP contribution in [0.25, 0.3) is 0 Å². The monoisotopic (exact) mass is 293 g/mol. The molecule has 0 aliphatic carbocycles. The summed E-state index contributed by atoms with van der Waals surface area (Å²) in [6.45, 7) is 10.8. The maximum atomic E-state index is 6.18. The van der Waals surface area contributed by atoms with Crippen LogP contribution < -0.4 is 20.1 Å². The van der Waals surface area contributed by atoms with Crippen LogP contribution in [-0.4, -0.2) is 50.8 Å². The smallest absolute Gasteiger partial charge is 0.162 e. The highest BCUT2D eigenvalue weighted by molar-refractivity contribution is 5.73. The molecule has 1 aliphatic rings. The Morgan fingerprint density at radius 1 is 0.952 bits per heavy atom. The van der Waals surface area contributed by atoms with Crippen LogP contribution in [0.2, 0.25) is 0 Å². The minimum atomic E-state index is 0.217. The van der Waals surface area contributed by atoms with E-state index in [1.807, 2.05) is 12.1 Å². The van der Waals surface area contributed by atoms with Crippen molar-refractivity contribution in [3.8, 4) is 11.5 Å². The zero-order valence-corrected chi connectivity index (χ0v) is 13.8. The molecule has 1 aromatic rings. The van der Waals surface area contributed by atoms with E-state index in [1.54, 1.807) is 14.2 Å². The Kier molecular flexibility index (Phi) is 4.52. The molecule has 21 heavy (non-hydrogen) atoms. The third-order valence-electron chi connectivity index (χ3n) is 4.10. The fraction of sp³-hybridized carbons (Fsp3) is 0.625. The molecule has 0 radical (unpaired) electrons. The molecule has 5 heteroatoms. The average Bonchev–Trinajstić information content (AvgIpc) is 2.46. The van der Waals surface area contributed by atoms with E-state index >= 15 is 0 Å². The number of nitrogens with two attached hydrogens (primary N) is 1. The molecule has 0 atom stereocenters. The number of nitrogen functional groups attached to an aromatic ring is 1. The lowest BCUT2D eigenvalue weighted by molar-refractivity contribution is 0.128. The van der Waals surface area contributed by atoms with Gasteiger partial charge in [-0.3, -0.25) is 4.90 Å². The summed E-state index contributed by atoms with van der Waals surface area (Å²) in [5.41, 5.74) is 8.16. The van der Waals surface area contributed by atoms with Gasteiger partial charge in [-0.05, 0) is 20.8 Å². The van der Waals surface area contributed by atoms with Crippen molar-refractivity contribution < 1.29 is 9.47 Å². The number of ether oxygens (including phenoxy) is 2. The van der Waals surface area contributed by atoms with Crippen molar-refractivity contribution in [3.05, 3.63) is 12.1 Å². The quantitative estimate of drug-likeness (QED) is 0.866. The van der Waals surface area contributed by atoms with Crippen molar-refractivity contribution in [2.75, 3.05) is 51.0 Å². The number of nitrogens with zero attached hydrogens (tertiary/aromatic N) is 2. The third-order valence-corrected chi connectivity index (χ3v) is 4.10. The standard InChI is InChI=1S/C16H27N3O2/c1-16(2,3)19-8-6-18(7-9-19)13-11-15(21-5)14(20-4)10-12(13)17/h10-11H,6-9,17H2,1-5H3. The summed E-state index contributed by atoms with van der Waals surface area (Å²) >= 11 is 0. The van der Waals surface area contributed by atoms with Gasteiger partial charge in [-0.1, -0.05) is 0 Å². The molecule has 1 fully saturated rings. The molecular weight excluding hydrogens is 266 g/mol. The lowest BCUT2D eigenvalue weighted by Crippen LogP contribution is -2.53. The van der Waals surface area contributed by atoms with Crippen LogP contribution in [0.15, 0.2) is 12.1 Å². The number of hydrogen-bond donors (Lipinski definition) is 1. The SMILES string of the molecule is COc1cc(N)c(N2CCN(C(C)(C)C)CC2)cc1OC. The van der Waals surface area contributed by atoms with E-state index in [1.165, 1.54) is 0 Å². The molecule has 1 heterocycles. The molecule has 1 saturated heterocycles. The molecular formula is C16H27N3O2. The highest BCUT2D eigenvalue weighted by Crippen LogP contribution is 2.37. The van der Waals surface area contributed by atoms with Crippen LogP contribution in [-0.2, 0) is 0 Å². The van der Waals surface area contributed by atoms with Crippen molar-refractivity contribution in [3.63, 3.8) is 0 Å². The first kappa shape index (κ1) is 15.8. The van der Waals surface area contributed by atoms with E-state index in [0.29, 0.717) is 5.75 Å². The van der Waals surface area contributed by atoms with Gasteiger partial charge in [-0.25, -0.2) is 0 Å². The van der Waals surface area contributed by atoms with Gasteiger partial charge in [0.25, 0.3) is 0 Å². The molecule has 0 aromatic heterocycles. The Bertz CT molecular complexity index is 489. The molecule has 0 amide bonds. The predicted molar refractivity (Wildman–Crippen MR) is 87.5 cm³/mol. The number of piperazine rings is 1. The van der Waals surface area contributed by atoms with Gasteiger partial charge < -0.3 is 20.1 Å². The number of rotatable bonds is 3. The molecule has 118 valence electrons. The minimum Gasteiger partial charge on any atom is -0.493 e. The van der Waals surface area contributed by atoms with Gasteiger partial charge in [0.05, 0.1) is 25.6 Å². The number of hydrogen-bond acceptors (Lipinski definition) is 5. The van der Waals surface area contributed by atoms with Crippen molar-refractivity contribution in [1.29, 1.82) is 0 Å². The molecule has 2 N–H and O–H groups in total. The van der Waals surface area contributed by atoms with E-state index in [0.717, 1.165) is 43.3 Å². The first-order valence-corrected chi connectivity index (χ1v) is 7.38. The number of methoxy groups -OCH3 is 2. The van der Waals surface area contributed by atoms with Gasteiger partial charge in [0.2, 0.25) is 0 Å². The van der Waals surface area contributed by atoms with Crippen LogP contribution in [0, 0.1) is 0 Å². The number of anilines is 2. The summed E-state index contributed by atoms with van der Waals surface area (Å²) in [5, 5.41) is 0. The Labute approximate surface area is 127 Å². The summed E-state index contributed by atoms with van der Waals surface area (Å²) in [5.74, 6) is 1.40. The lowest BCUT2D eigenvalue weighted by Gasteiger charge is -2.43. The first-order valence-electron chi connectivity index (χ1n) is 7.38. The van der Waals surface area contributed by atoms with Crippen LogP contribution in [0.3, 0.4) is 0 Å². The largest absolute Gasteiger partial charge is 0.493 e. The van der Waals surface area contributed by atoms with Crippen LogP contribution >= 0.6 is 0 Å². The summed E-state index contributed by atoms with van der Waals surface area (Å²) < 4.78 is 10.7. The molecule has 1 aliphatic heterocycles. The van der Waals surface area contributed by atoms with Crippen molar-refractivity contribution in [2.45, 2.75) is 26.3 Å². The zero-order chi connectivity index (χ0) is 15.6. The van der Waals surface area contributed by atoms with Crippen molar-refractivity contribution in [1.82, 2.24) is 4.90 Å². The second kappa shape index (κ2) is 6.02. The average molecular weight is 293 g/mol. The summed E-state index contributed by atoms with van der Waals surface area (Å²) in [6.07, 6.45) is 0. The number of benzene rings is 1. The zero-order valence-electron chi connectivity index (χ0n) is 13.8. The third kappa shape index (κ3) is 3.35. The van der Waals surface area contributed by atoms with Gasteiger partial charge in [-0.2, -0.15) is 0 Å². The highest BCUT2D eigenvalue weighted by Gasteiger charge is 2.27. The van der Waals surface area contributed by atoms with Crippen LogP contribution in [0.5, 0.6) is 11.5 Å². The van der Waals surface area contributed by atoms with Crippen molar-refractivity contribution in [2.24, 2.45) is 0 Å². The first-order chi connectivity index (χ1) is 9.86. The summed E-state index contributed by atoms with van der Waals surface area (Å²) in [6, 6.07) is 3.81. The maximum Gasteiger partial charge on any atom is 0.162 e. The summed E-state index contributed by atoms with van der Waals surface area (Å²) in [4.78, 5) is 4.82. The molecule has 0 unspecified atom stereocenters. The Hall–Kier alpha value is -1.62. The van der Waals surface area contributed by atoms with Crippen molar-refractivity contribution >= 4 is 11.4 Å². The summed E-state index contributed by atoms with van der Waals surface area (Å²) in [7, 11) is 3.27. The topological polar surface area (TPSA) is 51.0 Å². The van der Waals surface area contributed by atoms with Gasteiger partial charge in [0.15, 0.2) is 11.5 Å². The van der Waals surface area contributed by atoms with E-state index in [4.69, 9.17) is 15.2 Å². The molecule has 0 spiro atoms. The van der Waals surface area contributed by atoms with Gasteiger partial charge in [0.1, 0.15) is 0 Å². The lowest BCUT2D eigenvalue weighted by atomic mass is 10.0. The molecule has 5 nitrogen and oxygen atoms in total. The van der Waals surface area contributed by atoms with E-state index in [2.05, 4.69) is 30.6 Å². The fourth-order valence-corrected chi connectivity index (χ4v) is 2.78.